The standard InChI is InChI=1S/C27H27N5O3/c1-18(33)30-25-15-20-14-22(5-7-26(20)35-27(25)34)32-11-9-31(10-12-32)8-2-3-19-4-6-24-23(13-19)21(16-28)17-29-24/h4-7,13-15,17,29H,2-3,8-12H2,1H3,(H,30,33). The number of anilines is 2. The highest BCUT2D eigenvalue weighted by atomic mass is 16.4. The molecule has 1 fully saturated rings. The first-order valence-corrected chi connectivity index (χ1v) is 11.8. The van der Waals surface area contributed by atoms with E-state index in [1.807, 2.05) is 18.2 Å². The van der Waals surface area contributed by atoms with Crippen LogP contribution in [0.4, 0.5) is 11.4 Å². The summed E-state index contributed by atoms with van der Waals surface area (Å²) < 4.78 is 5.35. The van der Waals surface area contributed by atoms with Crippen molar-refractivity contribution in [3.8, 4) is 6.07 Å². The van der Waals surface area contributed by atoms with Crippen LogP contribution in [0.15, 0.2) is 57.9 Å². The molecule has 1 saturated heterocycles. The molecule has 8 nitrogen and oxygen atoms in total. The van der Waals surface area contributed by atoms with Gasteiger partial charge in [-0.15, -0.1) is 0 Å². The molecule has 8 heteroatoms. The van der Waals surface area contributed by atoms with Crippen molar-refractivity contribution in [3.63, 3.8) is 0 Å². The van der Waals surface area contributed by atoms with Gasteiger partial charge in [-0.25, -0.2) is 4.79 Å². The smallest absolute Gasteiger partial charge is 0.360 e. The lowest BCUT2D eigenvalue weighted by atomic mass is 10.1. The fourth-order valence-electron chi connectivity index (χ4n) is 4.74. The van der Waals surface area contributed by atoms with Gasteiger partial charge in [-0.05, 0) is 61.3 Å². The van der Waals surface area contributed by atoms with Crippen molar-refractivity contribution in [2.45, 2.75) is 19.8 Å². The Morgan fingerprint density at radius 1 is 1.14 bits per heavy atom. The highest BCUT2D eigenvalue weighted by Crippen LogP contribution is 2.25. The van der Waals surface area contributed by atoms with Gasteiger partial charge in [0.1, 0.15) is 17.3 Å². The summed E-state index contributed by atoms with van der Waals surface area (Å²) in [6.07, 6.45) is 3.82. The Hall–Kier alpha value is -4.09. The van der Waals surface area contributed by atoms with Crippen molar-refractivity contribution in [2.75, 3.05) is 42.9 Å². The fourth-order valence-corrected chi connectivity index (χ4v) is 4.74. The molecule has 0 unspecified atom stereocenters. The third-order valence-corrected chi connectivity index (χ3v) is 6.57. The van der Waals surface area contributed by atoms with Gasteiger partial charge in [0.05, 0.1) is 5.56 Å². The van der Waals surface area contributed by atoms with E-state index >= 15 is 0 Å². The van der Waals surface area contributed by atoms with Crippen molar-refractivity contribution in [1.82, 2.24) is 9.88 Å². The largest absolute Gasteiger partial charge is 0.421 e. The molecule has 2 aromatic carbocycles. The fraction of sp³-hybridized carbons (Fsp3) is 0.296. The minimum absolute atomic E-state index is 0.159. The quantitative estimate of drug-likeness (QED) is 0.416. The lowest BCUT2D eigenvalue weighted by Gasteiger charge is -2.36. The molecule has 35 heavy (non-hydrogen) atoms. The van der Waals surface area contributed by atoms with Crippen LogP contribution < -0.4 is 15.8 Å². The number of carbonyl (C=O) groups is 1. The zero-order valence-electron chi connectivity index (χ0n) is 19.6. The SMILES string of the molecule is CC(=O)Nc1cc2cc(N3CCN(CCCc4ccc5[nH]cc(C#N)c5c4)CC3)ccc2oc1=O. The maximum Gasteiger partial charge on any atom is 0.360 e. The number of piperazine rings is 1. The minimum Gasteiger partial charge on any atom is -0.421 e. The summed E-state index contributed by atoms with van der Waals surface area (Å²) in [4.78, 5) is 31.3. The number of fused-ring (bicyclic) bond motifs is 2. The van der Waals surface area contributed by atoms with Gasteiger partial charge in [-0.1, -0.05) is 6.07 Å². The molecule has 3 heterocycles. The second-order valence-electron chi connectivity index (χ2n) is 8.98. The zero-order valence-corrected chi connectivity index (χ0v) is 19.6. The summed E-state index contributed by atoms with van der Waals surface area (Å²) in [7, 11) is 0. The van der Waals surface area contributed by atoms with E-state index in [4.69, 9.17) is 4.42 Å². The number of carbonyl (C=O) groups excluding carboxylic acids is 1. The van der Waals surface area contributed by atoms with E-state index < -0.39 is 5.63 Å². The molecule has 2 aromatic heterocycles. The average Bonchev–Trinajstić information content (AvgIpc) is 3.27. The van der Waals surface area contributed by atoms with Crippen LogP contribution in [0.1, 0.15) is 24.5 Å². The molecule has 1 aliphatic heterocycles. The van der Waals surface area contributed by atoms with Gasteiger partial charge in [-0.3, -0.25) is 9.69 Å². The van der Waals surface area contributed by atoms with Crippen LogP contribution in [0.3, 0.4) is 0 Å². The molecule has 1 amide bonds. The molecule has 0 aliphatic carbocycles. The average molecular weight is 470 g/mol. The second kappa shape index (κ2) is 9.65. The van der Waals surface area contributed by atoms with Crippen LogP contribution in [0.2, 0.25) is 0 Å². The van der Waals surface area contributed by atoms with Crippen LogP contribution >= 0.6 is 0 Å². The highest BCUT2D eigenvalue weighted by Gasteiger charge is 2.18. The van der Waals surface area contributed by atoms with Gasteiger partial charge in [-0.2, -0.15) is 5.26 Å². The Bertz CT molecular complexity index is 1490. The summed E-state index contributed by atoms with van der Waals surface area (Å²) in [6, 6.07) is 16.0. The predicted octanol–water partition coefficient (Wildman–Crippen LogP) is 3.86. The summed E-state index contributed by atoms with van der Waals surface area (Å²) in [5.41, 5.74) is 4.15. The van der Waals surface area contributed by atoms with Gasteiger partial charge < -0.3 is 19.6 Å². The number of nitrogens with zero attached hydrogens (tertiary/aromatic N) is 3. The molecule has 0 spiro atoms. The number of aromatic nitrogens is 1. The first-order valence-electron chi connectivity index (χ1n) is 11.8. The third-order valence-electron chi connectivity index (χ3n) is 6.57. The monoisotopic (exact) mass is 469 g/mol. The van der Waals surface area contributed by atoms with Crippen molar-refractivity contribution in [1.29, 1.82) is 5.26 Å². The summed E-state index contributed by atoms with van der Waals surface area (Å²) in [5, 5.41) is 13.6. The zero-order chi connectivity index (χ0) is 24.4. The molecule has 1 aliphatic rings. The van der Waals surface area contributed by atoms with E-state index in [1.54, 1.807) is 12.3 Å². The molecule has 5 rings (SSSR count). The normalized spacial score (nSPS) is 14.3. The van der Waals surface area contributed by atoms with E-state index in [9.17, 15) is 14.9 Å². The number of H-pyrrole nitrogens is 1. The van der Waals surface area contributed by atoms with Crippen LogP contribution in [-0.2, 0) is 11.2 Å². The van der Waals surface area contributed by atoms with Crippen molar-refractivity contribution in [3.05, 3.63) is 70.2 Å². The topological polar surface area (TPSA) is 105 Å². The van der Waals surface area contributed by atoms with E-state index in [0.717, 1.165) is 67.5 Å². The number of nitriles is 1. The Labute approximate surface area is 202 Å². The number of hydrogen-bond donors (Lipinski definition) is 2. The summed E-state index contributed by atoms with van der Waals surface area (Å²) >= 11 is 0. The minimum atomic E-state index is -0.549. The Balaban J connectivity index is 1.17. The summed E-state index contributed by atoms with van der Waals surface area (Å²) in [5.74, 6) is -0.305. The van der Waals surface area contributed by atoms with Gasteiger partial charge >= 0.3 is 5.63 Å². The van der Waals surface area contributed by atoms with Gasteiger partial charge in [0, 0.05) is 61.3 Å². The number of rotatable bonds is 6. The van der Waals surface area contributed by atoms with E-state index in [2.05, 4.69) is 44.4 Å². The van der Waals surface area contributed by atoms with Gasteiger partial charge in [0.25, 0.3) is 0 Å². The van der Waals surface area contributed by atoms with Crippen molar-refractivity contribution >= 4 is 39.2 Å². The molecular weight excluding hydrogens is 442 g/mol. The lowest BCUT2D eigenvalue weighted by Crippen LogP contribution is -2.46. The molecule has 0 saturated carbocycles. The van der Waals surface area contributed by atoms with Crippen molar-refractivity contribution < 1.29 is 9.21 Å². The van der Waals surface area contributed by atoms with Crippen LogP contribution in [0, 0.1) is 11.3 Å². The molecule has 0 radical (unpaired) electrons. The molecule has 0 atom stereocenters. The van der Waals surface area contributed by atoms with Crippen LogP contribution in [0.5, 0.6) is 0 Å². The van der Waals surface area contributed by atoms with Crippen LogP contribution in [0.25, 0.3) is 21.9 Å². The molecule has 2 N–H and O–H groups in total. The maximum absolute atomic E-state index is 12.0. The van der Waals surface area contributed by atoms with E-state index in [0.29, 0.717) is 11.1 Å². The lowest BCUT2D eigenvalue weighted by molar-refractivity contribution is -0.114. The predicted molar refractivity (Wildman–Crippen MR) is 137 cm³/mol. The number of aryl methyl sites for hydroxylation is 1. The summed E-state index contributed by atoms with van der Waals surface area (Å²) in [6.45, 7) is 6.20. The molecule has 0 bridgehead atoms. The van der Waals surface area contributed by atoms with Crippen molar-refractivity contribution in [2.24, 2.45) is 0 Å². The first-order chi connectivity index (χ1) is 17.0. The number of hydrogen-bond acceptors (Lipinski definition) is 6. The number of benzene rings is 2. The van der Waals surface area contributed by atoms with E-state index in [1.165, 1.54) is 12.5 Å². The molecule has 178 valence electrons. The molecular formula is C27H27N5O3. The number of nitrogens with one attached hydrogen (secondary N) is 2. The Morgan fingerprint density at radius 2 is 1.97 bits per heavy atom. The van der Waals surface area contributed by atoms with E-state index in [-0.39, 0.29) is 11.6 Å². The van der Waals surface area contributed by atoms with Crippen LogP contribution in [-0.4, -0.2) is 48.5 Å². The second-order valence-corrected chi connectivity index (χ2v) is 8.98. The molecule has 4 aromatic rings. The number of aromatic amines is 1. The Morgan fingerprint density at radius 3 is 2.74 bits per heavy atom. The van der Waals surface area contributed by atoms with Gasteiger partial charge in [0.15, 0.2) is 0 Å². The number of amides is 1. The third kappa shape index (κ3) is 4.91. The first kappa shape index (κ1) is 22.7. The Kier molecular flexibility index (Phi) is 6.25. The maximum atomic E-state index is 12.0. The van der Waals surface area contributed by atoms with Gasteiger partial charge in [0.2, 0.25) is 5.91 Å². The highest BCUT2D eigenvalue weighted by molar-refractivity contribution is 5.91.